The molecule has 0 N–H and O–H groups in total. The van der Waals surface area contributed by atoms with Gasteiger partial charge in [-0.3, -0.25) is 9.69 Å². The average Bonchev–Trinajstić information content (AvgIpc) is 3.55. The van der Waals surface area contributed by atoms with Crippen LogP contribution in [-0.4, -0.2) is 44.2 Å². The third-order valence-electron chi connectivity index (χ3n) is 5.09. The minimum Gasteiger partial charge on any atom is -0.376 e. The van der Waals surface area contributed by atoms with Gasteiger partial charge in [-0.05, 0) is 42.5 Å². The number of hydrogen-bond acceptors (Lipinski definition) is 6. The molecule has 1 aromatic carbocycles. The van der Waals surface area contributed by atoms with Gasteiger partial charge >= 0.3 is 0 Å². The fourth-order valence-electron chi connectivity index (χ4n) is 3.60. The van der Waals surface area contributed by atoms with Crippen LogP contribution in [0.2, 0.25) is 0 Å². The minimum absolute atomic E-state index is 0.0508. The fourth-order valence-corrected chi connectivity index (χ4v) is 5.60. The van der Waals surface area contributed by atoms with Crippen molar-refractivity contribution in [1.29, 1.82) is 0 Å². The third-order valence-corrected chi connectivity index (χ3v) is 7.34. The van der Waals surface area contributed by atoms with Crippen LogP contribution in [0.4, 0.5) is 0 Å². The molecule has 0 bridgehead atoms. The van der Waals surface area contributed by atoms with Crippen molar-refractivity contribution in [3.05, 3.63) is 64.5 Å². The molecule has 30 heavy (non-hydrogen) atoms. The first-order valence-electron chi connectivity index (χ1n) is 9.75. The van der Waals surface area contributed by atoms with Gasteiger partial charge in [0.25, 0.3) is 5.91 Å². The van der Waals surface area contributed by atoms with Crippen LogP contribution in [0.15, 0.2) is 58.9 Å². The summed E-state index contributed by atoms with van der Waals surface area (Å²) in [4.78, 5) is 16.4. The van der Waals surface area contributed by atoms with E-state index < -0.39 is 0 Å². The van der Waals surface area contributed by atoms with Crippen LogP contribution in [0.25, 0.3) is 22.3 Å². The third kappa shape index (κ3) is 3.88. The first-order valence-corrected chi connectivity index (χ1v) is 11.9. The number of amides is 1. The molecule has 2 aliphatic heterocycles. The van der Waals surface area contributed by atoms with E-state index >= 15 is 0 Å². The van der Waals surface area contributed by atoms with E-state index in [1.807, 2.05) is 64.8 Å². The summed E-state index contributed by atoms with van der Waals surface area (Å²) in [6, 6.07) is 14.0. The Morgan fingerprint density at radius 2 is 2.10 bits per heavy atom. The maximum Gasteiger partial charge on any atom is 0.266 e. The SMILES string of the molecule is O=C1C(=Cc2cn(-c3ccccc3)nc2-c2cccs2)SC(=S)N1CC1CCCO1. The number of nitrogens with zero attached hydrogens (tertiary/aromatic N) is 3. The van der Waals surface area contributed by atoms with Crippen molar-refractivity contribution in [3.8, 4) is 16.3 Å². The summed E-state index contributed by atoms with van der Waals surface area (Å²) >= 11 is 8.47. The summed E-state index contributed by atoms with van der Waals surface area (Å²) in [5.74, 6) is -0.0508. The molecule has 2 saturated heterocycles. The maximum atomic E-state index is 13.1. The Labute approximate surface area is 188 Å². The Bertz CT molecular complexity index is 1100. The van der Waals surface area contributed by atoms with Gasteiger partial charge in [-0.15, -0.1) is 11.3 Å². The zero-order valence-corrected chi connectivity index (χ0v) is 18.5. The number of carbonyl (C=O) groups excluding carboxylic acids is 1. The van der Waals surface area contributed by atoms with Crippen LogP contribution >= 0.6 is 35.3 Å². The van der Waals surface area contributed by atoms with E-state index in [1.54, 1.807) is 16.2 Å². The monoisotopic (exact) mass is 453 g/mol. The highest BCUT2D eigenvalue weighted by atomic mass is 32.2. The number of thiophene rings is 1. The molecule has 0 saturated carbocycles. The van der Waals surface area contributed by atoms with Crippen LogP contribution < -0.4 is 0 Å². The number of para-hydroxylation sites is 1. The van der Waals surface area contributed by atoms with Crippen molar-refractivity contribution < 1.29 is 9.53 Å². The smallest absolute Gasteiger partial charge is 0.266 e. The van der Waals surface area contributed by atoms with Crippen LogP contribution in [-0.2, 0) is 9.53 Å². The molecule has 0 aliphatic carbocycles. The van der Waals surface area contributed by atoms with E-state index in [-0.39, 0.29) is 12.0 Å². The largest absolute Gasteiger partial charge is 0.376 e. The van der Waals surface area contributed by atoms with Gasteiger partial charge in [0, 0.05) is 18.4 Å². The van der Waals surface area contributed by atoms with Crippen LogP contribution in [0.3, 0.4) is 0 Å². The summed E-state index contributed by atoms with van der Waals surface area (Å²) in [6.45, 7) is 1.29. The van der Waals surface area contributed by atoms with E-state index in [0.29, 0.717) is 15.8 Å². The van der Waals surface area contributed by atoms with Gasteiger partial charge in [0.05, 0.1) is 28.1 Å². The molecule has 0 radical (unpaired) electrons. The topological polar surface area (TPSA) is 47.4 Å². The zero-order valence-electron chi connectivity index (χ0n) is 16.1. The molecule has 2 aliphatic rings. The standard InChI is InChI=1S/C22H19N3O2S3/c26-21-19(30-22(28)24(21)14-17-8-4-10-27-17)12-15-13-25(16-6-2-1-3-7-16)23-20(15)18-9-5-11-29-18/h1-3,5-7,9,11-13,17H,4,8,10,14H2. The number of hydrogen-bond donors (Lipinski definition) is 0. The number of rotatable bonds is 5. The Kier molecular flexibility index (Phi) is 5.56. The van der Waals surface area contributed by atoms with Gasteiger partial charge in [-0.25, -0.2) is 4.68 Å². The van der Waals surface area contributed by atoms with Crippen molar-refractivity contribution in [2.75, 3.05) is 13.2 Å². The van der Waals surface area contributed by atoms with E-state index in [2.05, 4.69) is 0 Å². The fraction of sp³-hybridized carbons (Fsp3) is 0.227. The number of benzene rings is 1. The summed E-state index contributed by atoms with van der Waals surface area (Å²) in [5, 5.41) is 6.84. The van der Waals surface area contributed by atoms with Gasteiger partial charge in [0.1, 0.15) is 10.0 Å². The molecular formula is C22H19N3O2S3. The molecule has 5 rings (SSSR count). The molecule has 1 unspecified atom stereocenters. The Morgan fingerprint density at radius 3 is 2.83 bits per heavy atom. The van der Waals surface area contributed by atoms with Crippen molar-refractivity contribution >= 4 is 51.6 Å². The van der Waals surface area contributed by atoms with Crippen molar-refractivity contribution in [3.63, 3.8) is 0 Å². The summed E-state index contributed by atoms with van der Waals surface area (Å²) in [5.41, 5.74) is 2.73. The lowest BCUT2D eigenvalue weighted by molar-refractivity contribution is -0.123. The lowest BCUT2D eigenvalue weighted by Gasteiger charge is -2.18. The molecule has 2 aromatic heterocycles. The number of carbonyl (C=O) groups is 1. The normalized spacial score (nSPS) is 20.6. The second kappa shape index (κ2) is 8.47. The lowest BCUT2D eigenvalue weighted by Crippen LogP contribution is -2.35. The first-order chi connectivity index (χ1) is 14.7. The molecular weight excluding hydrogens is 434 g/mol. The van der Waals surface area contributed by atoms with E-state index in [9.17, 15) is 4.79 Å². The van der Waals surface area contributed by atoms with E-state index in [1.165, 1.54) is 11.8 Å². The zero-order chi connectivity index (χ0) is 20.5. The highest BCUT2D eigenvalue weighted by Crippen LogP contribution is 2.36. The molecule has 152 valence electrons. The van der Waals surface area contributed by atoms with Crippen molar-refractivity contribution in [2.24, 2.45) is 0 Å². The van der Waals surface area contributed by atoms with Crippen LogP contribution in [0, 0.1) is 0 Å². The van der Waals surface area contributed by atoms with Gasteiger partial charge in [-0.2, -0.15) is 5.10 Å². The van der Waals surface area contributed by atoms with E-state index in [0.717, 1.165) is 41.3 Å². The average molecular weight is 454 g/mol. The Morgan fingerprint density at radius 1 is 1.23 bits per heavy atom. The first kappa shape index (κ1) is 19.7. The summed E-state index contributed by atoms with van der Waals surface area (Å²) in [6.07, 6.45) is 5.97. The molecule has 0 spiro atoms. The van der Waals surface area contributed by atoms with E-state index in [4.69, 9.17) is 22.1 Å². The molecule has 3 aromatic rings. The molecule has 8 heteroatoms. The highest BCUT2D eigenvalue weighted by Gasteiger charge is 2.35. The van der Waals surface area contributed by atoms with Crippen molar-refractivity contribution in [2.45, 2.75) is 18.9 Å². The Hall–Kier alpha value is -2.26. The lowest BCUT2D eigenvalue weighted by atomic mass is 10.2. The second-order valence-electron chi connectivity index (χ2n) is 7.12. The van der Waals surface area contributed by atoms with Crippen LogP contribution in [0.5, 0.6) is 0 Å². The van der Waals surface area contributed by atoms with Gasteiger partial charge in [0.15, 0.2) is 0 Å². The molecule has 1 amide bonds. The molecule has 1 atom stereocenters. The number of ether oxygens (including phenoxy) is 1. The number of aromatic nitrogens is 2. The maximum absolute atomic E-state index is 13.1. The number of thioether (sulfide) groups is 1. The summed E-state index contributed by atoms with van der Waals surface area (Å²) < 4.78 is 8.14. The Balaban J connectivity index is 1.49. The predicted octanol–water partition coefficient (Wildman–Crippen LogP) is 4.98. The minimum atomic E-state index is -0.0508. The van der Waals surface area contributed by atoms with Crippen molar-refractivity contribution in [1.82, 2.24) is 14.7 Å². The summed E-state index contributed by atoms with van der Waals surface area (Å²) in [7, 11) is 0. The second-order valence-corrected chi connectivity index (χ2v) is 9.74. The van der Waals surface area contributed by atoms with Gasteiger partial charge in [-0.1, -0.05) is 48.2 Å². The van der Waals surface area contributed by atoms with Gasteiger partial charge in [0.2, 0.25) is 0 Å². The molecule has 2 fully saturated rings. The predicted molar refractivity (Wildman–Crippen MR) is 126 cm³/mol. The van der Waals surface area contributed by atoms with Crippen LogP contribution in [0.1, 0.15) is 18.4 Å². The highest BCUT2D eigenvalue weighted by molar-refractivity contribution is 8.26. The number of thiocarbonyl (C=S) groups is 1. The quantitative estimate of drug-likeness (QED) is 0.403. The molecule has 5 nitrogen and oxygen atoms in total. The molecule has 4 heterocycles. The van der Waals surface area contributed by atoms with Gasteiger partial charge < -0.3 is 4.74 Å².